The number of aryl methyl sites for hydroxylation is 1. The van der Waals surface area contributed by atoms with Crippen molar-refractivity contribution >= 4 is 23.6 Å². The lowest BCUT2D eigenvalue weighted by Gasteiger charge is -2.22. The van der Waals surface area contributed by atoms with Crippen molar-refractivity contribution in [3.8, 4) is 6.07 Å². The molecule has 6 heteroatoms. The third kappa shape index (κ3) is 6.08. The molecule has 0 spiro atoms. The molecule has 6 nitrogen and oxygen atoms in total. The third-order valence-corrected chi connectivity index (χ3v) is 5.04. The number of ether oxygens (including phenoxy) is 1. The number of hydrogen-bond acceptors (Lipinski definition) is 4. The molecule has 1 aromatic heterocycles. The molecule has 164 valence electrons. The normalized spacial score (nSPS) is 11.7. The Morgan fingerprint density at radius 3 is 2.52 bits per heavy atom. The number of aromatic nitrogens is 1. The highest BCUT2D eigenvalue weighted by molar-refractivity contribution is 6.00. The number of para-hydroxylation sites is 1. The summed E-state index contributed by atoms with van der Waals surface area (Å²) >= 11 is 0. The van der Waals surface area contributed by atoms with Gasteiger partial charge in [-0.1, -0.05) is 45.9 Å². The van der Waals surface area contributed by atoms with Crippen molar-refractivity contribution in [2.75, 3.05) is 11.9 Å². The number of hydrogen-bond donors (Lipinski definition) is 1. The van der Waals surface area contributed by atoms with Crippen LogP contribution in [0.15, 0.2) is 35.9 Å². The second-order valence-electron chi connectivity index (χ2n) is 8.57. The summed E-state index contributed by atoms with van der Waals surface area (Å²) in [6.45, 7) is 12.6. The Bertz CT molecular complexity index is 1030. The molecule has 0 aliphatic rings. The lowest BCUT2D eigenvalue weighted by atomic mass is 9.86. The summed E-state index contributed by atoms with van der Waals surface area (Å²) in [6, 6.07) is 11.3. The molecular formula is C25H31N3O3. The monoisotopic (exact) mass is 421 g/mol. The van der Waals surface area contributed by atoms with E-state index in [4.69, 9.17) is 4.74 Å². The van der Waals surface area contributed by atoms with Crippen LogP contribution in [-0.2, 0) is 26.3 Å². The molecule has 1 heterocycles. The Balaban J connectivity index is 2.08. The van der Waals surface area contributed by atoms with E-state index in [1.54, 1.807) is 0 Å². The summed E-state index contributed by atoms with van der Waals surface area (Å²) < 4.78 is 7.25. The predicted octanol–water partition coefficient (Wildman–Crippen LogP) is 4.90. The van der Waals surface area contributed by atoms with Crippen molar-refractivity contribution in [1.82, 2.24) is 4.57 Å². The van der Waals surface area contributed by atoms with Crippen LogP contribution in [0.3, 0.4) is 0 Å². The van der Waals surface area contributed by atoms with Gasteiger partial charge in [0.05, 0.1) is 0 Å². The molecule has 0 radical (unpaired) electrons. The van der Waals surface area contributed by atoms with E-state index in [2.05, 4.69) is 37.6 Å². The molecule has 0 saturated heterocycles. The maximum absolute atomic E-state index is 12.4. The van der Waals surface area contributed by atoms with Crippen LogP contribution < -0.4 is 5.32 Å². The molecule has 31 heavy (non-hydrogen) atoms. The molecule has 0 aliphatic carbocycles. The fourth-order valence-electron chi connectivity index (χ4n) is 3.48. The quantitative estimate of drug-likeness (QED) is 0.391. The molecule has 0 fully saturated rings. The Hall–Kier alpha value is -3.33. The van der Waals surface area contributed by atoms with Crippen LogP contribution in [0.1, 0.15) is 56.6 Å². The van der Waals surface area contributed by atoms with Gasteiger partial charge in [-0.05, 0) is 55.0 Å². The maximum atomic E-state index is 12.4. The largest absolute Gasteiger partial charge is 0.451 e. The molecule has 0 atom stereocenters. The van der Waals surface area contributed by atoms with Gasteiger partial charge < -0.3 is 14.6 Å². The molecule has 1 aromatic carbocycles. The van der Waals surface area contributed by atoms with E-state index >= 15 is 0 Å². The van der Waals surface area contributed by atoms with Crippen LogP contribution in [-0.4, -0.2) is 23.1 Å². The van der Waals surface area contributed by atoms with Gasteiger partial charge in [-0.3, -0.25) is 4.79 Å². The number of carbonyl (C=O) groups is 2. The molecule has 2 aromatic rings. The molecule has 0 bridgehead atoms. The summed E-state index contributed by atoms with van der Waals surface area (Å²) in [4.78, 5) is 24.7. The first kappa shape index (κ1) is 23.9. The molecule has 1 N–H and O–H groups in total. The van der Waals surface area contributed by atoms with Gasteiger partial charge in [0.15, 0.2) is 6.61 Å². The Kier molecular flexibility index (Phi) is 7.82. The number of amides is 1. The smallest absolute Gasteiger partial charge is 0.349 e. The maximum Gasteiger partial charge on any atom is 0.349 e. The first-order chi connectivity index (χ1) is 14.6. The Morgan fingerprint density at radius 2 is 1.90 bits per heavy atom. The van der Waals surface area contributed by atoms with Gasteiger partial charge in [-0.25, -0.2) is 4.79 Å². The van der Waals surface area contributed by atoms with Gasteiger partial charge >= 0.3 is 5.97 Å². The van der Waals surface area contributed by atoms with E-state index in [1.165, 1.54) is 6.08 Å². The molecule has 0 unspecified atom stereocenters. The fraction of sp³-hybridized carbons (Fsp3) is 0.400. The highest BCUT2D eigenvalue weighted by atomic mass is 16.5. The van der Waals surface area contributed by atoms with Gasteiger partial charge in [-0.2, -0.15) is 5.26 Å². The molecule has 1 amide bonds. The van der Waals surface area contributed by atoms with Crippen molar-refractivity contribution in [3.63, 3.8) is 0 Å². The average Bonchev–Trinajstić information content (AvgIpc) is 2.97. The molecule has 0 aliphatic heterocycles. The van der Waals surface area contributed by atoms with Crippen LogP contribution in [0, 0.1) is 25.2 Å². The highest BCUT2D eigenvalue weighted by Gasteiger charge is 2.20. The molecule has 2 rings (SSSR count). The standard InChI is InChI=1S/C25H31N3O3/c1-7-12-28-17(2)13-19(18(28)3)14-20(15-26)24(30)31-16-23(29)27-22-11-9-8-10-21(22)25(4,5)6/h8-11,13-14H,7,12,16H2,1-6H3,(H,27,29)/b20-14+. The summed E-state index contributed by atoms with van der Waals surface area (Å²) in [5.74, 6) is -1.27. The Morgan fingerprint density at radius 1 is 1.23 bits per heavy atom. The second kappa shape index (κ2) is 10.1. The van der Waals surface area contributed by atoms with Crippen molar-refractivity contribution in [2.24, 2.45) is 0 Å². The number of rotatable bonds is 7. The van der Waals surface area contributed by atoms with Gasteiger partial charge in [0.25, 0.3) is 5.91 Å². The number of esters is 1. The highest BCUT2D eigenvalue weighted by Crippen LogP contribution is 2.29. The van der Waals surface area contributed by atoms with Crippen molar-refractivity contribution in [1.29, 1.82) is 5.26 Å². The topological polar surface area (TPSA) is 84.1 Å². The first-order valence-corrected chi connectivity index (χ1v) is 10.4. The first-order valence-electron chi connectivity index (χ1n) is 10.4. The van der Waals surface area contributed by atoms with Gasteiger partial charge in [0, 0.05) is 23.6 Å². The Labute approximate surface area is 184 Å². The zero-order chi connectivity index (χ0) is 23.2. The van der Waals surface area contributed by atoms with Gasteiger partial charge in [0.1, 0.15) is 11.6 Å². The minimum atomic E-state index is -0.818. The van der Waals surface area contributed by atoms with Crippen molar-refractivity contribution in [2.45, 2.75) is 59.9 Å². The number of benzene rings is 1. The van der Waals surface area contributed by atoms with Gasteiger partial charge in [0.2, 0.25) is 0 Å². The average molecular weight is 422 g/mol. The van der Waals surface area contributed by atoms with Crippen molar-refractivity contribution in [3.05, 3.63) is 58.4 Å². The minimum absolute atomic E-state index is 0.139. The second-order valence-corrected chi connectivity index (χ2v) is 8.57. The van der Waals surface area contributed by atoms with Crippen LogP contribution in [0.4, 0.5) is 5.69 Å². The number of nitrogens with zero attached hydrogens (tertiary/aromatic N) is 2. The van der Waals surface area contributed by atoms with E-state index in [-0.39, 0.29) is 11.0 Å². The summed E-state index contributed by atoms with van der Waals surface area (Å²) in [6.07, 6.45) is 2.50. The number of nitriles is 1. The lowest BCUT2D eigenvalue weighted by Crippen LogP contribution is -2.23. The lowest BCUT2D eigenvalue weighted by molar-refractivity contribution is -0.142. The van der Waals surface area contributed by atoms with E-state index in [1.807, 2.05) is 50.2 Å². The van der Waals surface area contributed by atoms with E-state index in [0.29, 0.717) is 5.69 Å². The number of anilines is 1. The minimum Gasteiger partial charge on any atom is -0.451 e. The third-order valence-electron chi connectivity index (χ3n) is 5.04. The summed E-state index contributed by atoms with van der Waals surface area (Å²) in [7, 11) is 0. The van der Waals surface area contributed by atoms with Crippen molar-refractivity contribution < 1.29 is 14.3 Å². The van der Waals surface area contributed by atoms with Crippen LogP contribution in [0.2, 0.25) is 0 Å². The summed E-state index contributed by atoms with van der Waals surface area (Å²) in [5, 5.41) is 12.2. The number of carbonyl (C=O) groups excluding carboxylic acids is 2. The number of nitrogens with one attached hydrogen (secondary N) is 1. The van der Waals surface area contributed by atoms with Gasteiger partial charge in [-0.15, -0.1) is 0 Å². The predicted molar refractivity (Wildman–Crippen MR) is 123 cm³/mol. The zero-order valence-electron chi connectivity index (χ0n) is 19.2. The molecular weight excluding hydrogens is 390 g/mol. The van der Waals surface area contributed by atoms with E-state index in [9.17, 15) is 14.9 Å². The van der Waals surface area contributed by atoms with E-state index < -0.39 is 18.5 Å². The van der Waals surface area contributed by atoms with Crippen LogP contribution in [0.5, 0.6) is 0 Å². The zero-order valence-corrected chi connectivity index (χ0v) is 19.2. The fourth-order valence-corrected chi connectivity index (χ4v) is 3.48. The van der Waals surface area contributed by atoms with Crippen LogP contribution in [0.25, 0.3) is 6.08 Å². The molecule has 0 saturated carbocycles. The summed E-state index contributed by atoms with van der Waals surface area (Å²) in [5.41, 5.74) is 4.21. The SMILES string of the molecule is CCCn1c(C)cc(/C=C(\C#N)C(=O)OCC(=O)Nc2ccccc2C(C)(C)C)c1C. The van der Waals surface area contributed by atoms with Crippen LogP contribution >= 0.6 is 0 Å². The van der Waals surface area contributed by atoms with E-state index in [0.717, 1.165) is 35.5 Å².